The van der Waals surface area contributed by atoms with Crippen LogP contribution in [0.5, 0.6) is 11.8 Å². The van der Waals surface area contributed by atoms with Crippen molar-refractivity contribution in [3.05, 3.63) is 53.4 Å². The van der Waals surface area contributed by atoms with Crippen LogP contribution in [0.2, 0.25) is 5.02 Å². The van der Waals surface area contributed by atoms with Crippen LogP contribution in [0.15, 0.2) is 41.4 Å². The number of hydrogen-bond donors (Lipinski definition) is 1. The van der Waals surface area contributed by atoms with Gasteiger partial charge in [0.05, 0.1) is 11.5 Å². The molecule has 4 rings (SSSR count). The van der Waals surface area contributed by atoms with Crippen molar-refractivity contribution in [3.8, 4) is 35.8 Å². The first kappa shape index (κ1) is 36.3. The van der Waals surface area contributed by atoms with E-state index in [1.165, 1.54) is 6.08 Å². The van der Waals surface area contributed by atoms with Crippen LogP contribution < -0.4 is 20.1 Å². The van der Waals surface area contributed by atoms with Crippen LogP contribution in [0.25, 0.3) is 11.6 Å². The Labute approximate surface area is 283 Å². The van der Waals surface area contributed by atoms with Gasteiger partial charge in [0.25, 0.3) is 0 Å². The summed E-state index contributed by atoms with van der Waals surface area (Å²) >= 11 is 6.58. The van der Waals surface area contributed by atoms with E-state index in [0.717, 1.165) is 10.9 Å². The van der Waals surface area contributed by atoms with Crippen molar-refractivity contribution >= 4 is 32.1 Å². The molecule has 1 amide bonds. The number of terminal acetylenes is 1. The molecule has 6 atom stereocenters. The summed E-state index contributed by atoms with van der Waals surface area (Å²) in [5.74, 6) is 3.41. The third-order valence-electron chi connectivity index (χ3n) is 8.44. The van der Waals surface area contributed by atoms with Crippen molar-refractivity contribution in [2.45, 2.75) is 83.2 Å². The van der Waals surface area contributed by atoms with Gasteiger partial charge < -0.3 is 24.2 Å². The maximum Gasteiger partial charge on any atom is 0.246 e. The molecule has 0 radical (unpaired) electrons. The van der Waals surface area contributed by atoms with Crippen LogP contribution >= 0.6 is 20.8 Å². The molecule has 252 valence electrons. The molecule has 0 aliphatic carbocycles. The number of halogens is 2. The molecule has 2 aromatic heterocycles. The third kappa shape index (κ3) is 8.86. The first-order chi connectivity index (χ1) is 22.4. The molecule has 0 saturated carbocycles. The lowest BCUT2D eigenvalue weighted by Gasteiger charge is -2.38. The summed E-state index contributed by atoms with van der Waals surface area (Å²) in [5.41, 5.74) is 0.0935. The molecule has 3 aromatic rings. The molecule has 13 heteroatoms. The van der Waals surface area contributed by atoms with Crippen LogP contribution in [0.3, 0.4) is 0 Å². The Morgan fingerprint density at radius 1 is 1.32 bits per heavy atom. The van der Waals surface area contributed by atoms with Gasteiger partial charge in [-0.25, -0.2) is 4.39 Å². The number of rotatable bonds is 14. The average molecular weight is 685 g/mol. The number of benzene rings is 1. The van der Waals surface area contributed by atoms with Gasteiger partial charge in [-0.05, 0) is 63.2 Å². The number of aromatic nitrogens is 4. The number of nitrogens with zero attached hydrogens (tertiary/aromatic N) is 5. The Morgan fingerprint density at radius 3 is 2.74 bits per heavy atom. The Kier molecular flexibility index (Phi) is 12.4. The largest absolute Gasteiger partial charge is 0.474 e. The summed E-state index contributed by atoms with van der Waals surface area (Å²) in [6.45, 7) is 12.0. The quantitative estimate of drug-likeness (QED) is 0.137. The molecular weight excluding hydrogens is 642 g/mol. The summed E-state index contributed by atoms with van der Waals surface area (Å²) < 4.78 is 32.7. The first-order valence-electron chi connectivity index (χ1n) is 15.6. The maximum absolute atomic E-state index is 14.4. The highest BCUT2D eigenvalue weighted by Gasteiger charge is 2.35. The molecule has 0 spiro atoms. The number of alkyl halides is 1. The summed E-state index contributed by atoms with van der Waals surface area (Å²) in [5, 5.41) is 8.55. The fourth-order valence-corrected chi connectivity index (χ4v) is 6.87. The summed E-state index contributed by atoms with van der Waals surface area (Å²) in [7, 11) is 4.41. The van der Waals surface area contributed by atoms with E-state index >= 15 is 0 Å². The summed E-state index contributed by atoms with van der Waals surface area (Å²) in [6.07, 6.45) is 6.98. The predicted octanol–water partition coefficient (Wildman–Crippen LogP) is 5.31. The lowest BCUT2D eigenvalue weighted by atomic mass is 9.84. The molecule has 1 saturated heterocycles. The van der Waals surface area contributed by atoms with Gasteiger partial charge in [0.2, 0.25) is 35.2 Å². The summed E-state index contributed by atoms with van der Waals surface area (Å²) in [4.78, 5) is 28.1. The Bertz CT molecular complexity index is 1580. The molecule has 1 N–H and O–H groups in total. The van der Waals surface area contributed by atoms with Crippen LogP contribution in [0.1, 0.15) is 64.8 Å². The number of nitrogens with one attached hydrogen (secondary N) is 1. The van der Waals surface area contributed by atoms with Gasteiger partial charge in [-0.3, -0.25) is 4.79 Å². The Morgan fingerprint density at radius 2 is 2.06 bits per heavy atom. The second kappa shape index (κ2) is 16.0. The topological polar surface area (TPSA) is 116 Å². The Balaban J connectivity index is 1.65. The monoisotopic (exact) mass is 684 g/mol. The van der Waals surface area contributed by atoms with E-state index in [9.17, 15) is 9.18 Å². The standard InChI is InChI=1S/C34H43ClFN6O4P/c1-8-11-23-17-24(14-15-42(23)29(43)9-2)45-28-18-27(44-21(4)20(3)16-22(36)19-37-7)38-31(39-28)32-40-33(46-41-32)34(5,6)30-25(35)12-10-13-26(30)47/h1,9-10,12-13,18,20-24,37H,2,11,14-17,19,47H2,3-7H3/t20-,21-,22+,23+,24-/m0/s1. The summed E-state index contributed by atoms with van der Waals surface area (Å²) in [6, 6.07) is 7.02. The van der Waals surface area contributed by atoms with E-state index in [0.29, 0.717) is 43.1 Å². The van der Waals surface area contributed by atoms with E-state index < -0.39 is 11.6 Å². The van der Waals surface area contributed by atoms with Crippen LogP contribution in [0.4, 0.5) is 4.39 Å². The lowest BCUT2D eigenvalue weighted by Crippen LogP contribution is -2.48. The van der Waals surface area contributed by atoms with Crippen molar-refractivity contribution in [3.63, 3.8) is 0 Å². The van der Waals surface area contributed by atoms with E-state index in [1.54, 1.807) is 18.0 Å². The highest BCUT2D eigenvalue weighted by Crippen LogP contribution is 2.36. The highest BCUT2D eigenvalue weighted by atomic mass is 35.5. The number of amides is 1. The molecule has 1 aromatic carbocycles. The molecule has 47 heavy (non-hydrogen) atoms. The van der Waals surface area contributed by atoms with Crippen LogP contribution in [-0.2, 0) is 10.2 Å². The average Bonchev–Trinajstić information content (AvgIpc) is 3.53. The van der Waals surface area contributed by atoms with E-state index in [2.05, 4.69) is 47.2 Å². The van der Waals surface area contributed by atoms with Gasteiger partial charge in [-0.15, -0.1) is 21.6 Å². The Hall–Kier alpha value is -3.58. The minimum absolute atomic E-state index is 0.119. The highest BCUT2D eigenvalue weighted by molar-refractivity contribution is 7.27. The van der Waals surface area contributed by atoms with Gasteiger partial charge in [0, 0.05) is 43.4 Å². The predicted molar refractivity (Wildman–Crippen MR) is 184 cm³/mol. The number of likely N-dealkylation sites (tertiary alicyclic amines) is 1. The third-order valence-corrected chi connectivity index (χ3v) is 9.23. The van der Waals surface area contributed by atoms with Crippen molar-refractivity contribution < 1.29 is 23.2 Å². The van der Waals surface area contributed by atoms with Gasteiger partial charge in [-0.2, -0.15) is 15.0 Å². The zero-order chi connectivity index (χ0) is 34.3. The normalized spacial score (nSPS) is 18.6. The molecule has 3 heterocycles. The van der Waals surface area contributed by atoms with Gasteiger partial charge in [-0.1, -0.05) is 42.4 Å². The number of ether oxygens (including phenoxy) is 2. The van der Waals surface area contributed by atoms with Crippen molar-refractivity contribution in [2.75, 3.05) is 20.1 Å². The molecule has 1 aliphatic rings. The smallest absolute Gasteiger partial charge is 0.246 e. The maximum atomic E-state index is 14.4. The molecule has 1 aliphatic heterocycles. The first-order valence-corrected chi connectivity index (χ1v) is 16.6. The number of carbonyl (C=O) groups excluding carboxylic acids is 1. The molecule has 10 nitrogen and oxygen atoms in total. The zero-order valence-electron chi connectivity index (χ0n) is 27.5. The SMILES string of the molecule is C#CC[C@@H]1C[C@@H](Oc2cc(O[C@@H](C)[C@@H](C)C[C@@H](F)CNC)nc(-c3noc(C(C)(C)c4c(P)cccc4Cl)n3)n2)CCN1C(=O)C=C. The lowest BCUT2D eigenvalue weighted by molar-refractivity contribution is -0.130. The number of piperidine rings is 1. The molecule has 1 unspecified atom stereocenters. The number of hydrogen-bond acceptors (Lipinski definition) is 9. The van der Waals surface area contributed by atoms with Crippen molar-refractivity contribution in [1.82, 2.24) is 30.3 Å². The van der Waals surface area contributed by atoms with Crippen LogP contribution in [0, 0.1) is 18.3 Å². The molecule has 0 bridgehead atoms. The zero-order valence-corrected chi connectivity index (χ0v) is 29.4. The van der Waals surface area contributed by atoms with Gasteiger partial charge >= 0.3 is 0 Å². The van der Waals surface area contributed by atoms with Crippen molar-refractivity contribution in [2.24, 2.45) is 5.92 Å². The van der Waals surface area contributed by atoms with Crippen molar-refractivity contribution in [1.29, 1.82) is 0 Å². The van der Waals surface area contributed by atoms with Gasteiger partial charge in [0.15, 0.2) is 0 Å². The molecule has 1 fully saturated rings. The second-order valence-electron chi connectivity index (χ2n) is 12.4. The van der Waals surface area contributed by atoms with E-state index in [1.807, 2.05) is 45.9 Å². The van der Waals surface area contributed by atoms with Gasteiger partial charge in [0.1, 0.15) is 18.4 Å². The van der Waals surface area contributed by atoms with Crippen LogP contribution in [-0.4, -0.2) is 75.5 Å². The minimum Gasteiger partial charge on any atom is -0.474 e. The van der Waals surface area contributed by atoms with E-state index in [4.69, 9.17) is 32.0 Å². The second-order valence-corrected chi connectivity index (χ2v) is 13.4. The fraction of sp³-hybridized carbons (Fsp3) is 0.500. The van der Waals surface area contributed by atoms with E-state index in [-0.39, 0.29) is 60.0 Å². The minimum atomic E-state index is -1.02. The molecular formula is C34H43ClFN6O4P. The fourth-order valence-electron chi connectivity index (χ4n) is 5.74. The number of carbonyl (C=O) groups is 1.